The summed E-state index contributed by atoms with van der Waals surface area (Å²) in [5.41, 5.74) is 0.492. The molecule has 0 aliphatic rings. The molecule has 0 rings (SSSR count). The van der Waals surface area contributed by atoms with Crippen molar-refractivity contribution in [2.75, 3.05) is 6.61 Å². The molecule has 0 aliphatic heterocycles. The first-order valence-corrected chi connectivity index (χ1v) is 6.61. The average molecular weight is 214 g/mol. The summed E-state index contributed by atoms with van der Waals surface area (Å²) in [7, 11) is 0. The summed E-state index contributed by atoms with van der Waals surface area (Å²) >= 11 is 0. The van der Waals surface area contributed by atoms with Crippen molar-refractivity contribution in [2.45, 2.75) is 79.2 Å². The molecule has 1 nitrogen and oxygen atoms in total. The molecule has 0 aromatic rings. The molecule has 0 N–H and O–H groups in total. The van der Waals surface area contributed by atoms with Gasteiger partial charge in [0.05, 0.1) is 6.10 Å². The first-order valence-electron chi connectivity index (χ1n) is 6.61. The molecule has 1 unspecified atom stereocenters. The van der Waals surface area contributed by atoms with E-state index >= 15 is 0 Å². The van der Waals surface area contributed by atoms with E-state index in [4.69, 9.17) is 4.74 Å². The van der Waals surface area contributed by atoms with Gasteiger partial charge in [-0.15, -0.1) is 0 Å². The first-order chi connectivity index (χ1) is 6.99. The van der Waals surface area contributed by atoms with Crippen LogP contribution in [0.2, 0.25) is 0 Å². The summed E-state index contributed by atoms with van der Waals surface area (Å²) in [6.07, 6.45) is 8.04. The van der Waals surface area contributed by atoms with Crippen LogP contribution in [-0.4, -0.2) is 12.7 Å². The van der Waals surface area contributed by atoms with Gasteiger partial charge in [-0.25, -0.2) is 0 Å². The highest BCUT2D eigenvalue weighted by Gasteiger charge is 2.10. The molecule has 1 heteroatoms. The molecule has 0 aliphatic carbocycles. The van der Waals surface area contributed by atoms with Crippen molar-refractivity contribution in [3.05, 3.63) is 0 Å². The Hall–Kier alpha value is -0.0400. The van der Waals surface area contributed by atoms with Crippen LogP contribution in [0, 0.1) is 5.41 Å². The Balaban J connectivity index is 3.46. The van der Waals surface area contributed by atoms with Crippen LogP contribution >= 0.6 is 0 Å². The topological polar surface area (TPSA) is 9.23 Å². The Morgan fingerprint density at radius 1 is 1.07 bits per heavy atom. The second kappa shape index (κ2) is 8.15. The highest BCUT2D eigenvalue weighted by Crippen LogP contribution is 2.22. The molecule has 0 bridgehead atoms. The van der Waals surface area contributed by atoms with Gasteiger partial charge < -0.3 is 4.74 Å². The molecule has 0 spiro atoms. The van der Waals surface area contributed by atoms with Crippen molar-refractivity contribution in [2.24, 2.45) is 5.41 Å². The third-order valence-electron chi connectivity index (χ3n) is 2.72. The lowest BCUT2D eigenvalue weighted by Crippen LogP contribution is -2.13. The van der Waals surface area contributed by atoms with E-state index < -0.39 is 0 Å². The Bertz CT molecular complexity index is 135. The molecular formula is C14H30O. The second-order valence-corrected chi connectivity index (χ2v) is 5.71. The van der Waals surface area contributed by atoms with Gasteiger partial charge in [-0.3, -0.25) is 0 Å². The predicted molar refractivity (Wildman–Crippen MR) is 68.2 cm³/mol. The van der Waals surface area contributed by atoms with Crippen molar-refractivity contribution in [1.29, 1.82) is 0 Å². The number of unbranched alkanes of at least 4 members (excludes halogenated alkanes) is 1. The van der Waals surface area contributed by atoms with Crippen LogP contribution in [0.4, 0.5) is 0 Å². The van der Waals surface area contributed by atoms with Crippen molar-refractivity contribution >= 4 is 0 Å². The standard InChI is InChI=1S/C14H30O/c1-6-12-15-13(7-2)10-8-9-11-14(3,4)5/h13H,6-12H2,1-5H3. The average Bonchev–Trinajstić information content (AvgIpc) is 2.15. The minimum absolute atomic E-state index is 0.492. The van der Waals surface area contributed by atoms with Gasteiger partial charge in [0.1, 0.15) is 0 Å². The summed E-state index contributed by atoms with van der Waals surface area (Å²) in [5.74, 6) is 0. The van der Waals surface area contributed by atoms with Crippen molar-refractivity contribution < 1.29 is 4.74 Å². The second-order valence-electron chi connectivity index (χ2n) is 5.71. The van der Waals surface area contributed by atoms with Gasteiger partial charge in [0.2, 0.25) is 0 Å². The zero-order valence-electron chi connectivity index (χ0n) is 11.4. The fraction of sp³-hybridized carbons (Fsp3) is 1.00. The SMILES string of the molecule is CCCOC(CC)CCCCC(C)(C)C. The summed E-state index contributed by atoms with van der Waals surface area (Å²) in [5, 5.41) is 0. The quantitative estimate of drug-likeness (QED) is 0.527. The molecule has 0 saturated heterocycles. The monoisotopic (exact) mass is 214 g/mol. The van der Waals surface area contributed by atoms with E-state index in [1.54, 1.807) is 0 Å². The molecule has 0 radical (unpaired) electrons. The summed E-state index contributed by atoms with van der Waals surface area (Å²) in [6.45, 7) is 12.3. The Morgan fingerprint density at radius 2 is 1.73 bits per heavy atom. The van der Waals surface area contributed by atoms with E-state index in [0.29, 0.717) is 11.5 Å². The van der Waals surface area contributed by atoms with Crippen molar-refractivity contribution in [1.82, 2.24) is 0 Å². The predicted octanol–water partition coefficient (Wildman–Crippen LogP) is 4.80. The normalized spacial score (nSPS) is 14.2. The maximum absolute atomic E-state index is 5.77. The minimum atomic E-state index is 0.492. The highest BCUT2D eigenvalue weighted by molar-refractivity contribution is 4.63. The van der Waals surface area contributed by atoms with Gasteiger partial charge >= 0.3 is 0 Å². The molecule has 0 heterocycles. The molecule has 0 fully saturated rings. The lowest BCUT2D eigenvalue weighted by molar-refractivity contribution is 0.0432. The van der Waals surface area contributed by atoms with E-state index in [2.05, 4.69) is 34.6 Å². The van der Waals surface area contributed by atoms with Crippen LogP contribution in [0.25, 0.3) is 0 Å². The van der Waals surface area contributed by atoms with Gasteiger partial charge in [-0.1, -0.05) is 47.5 Å². The Labute approximate surface area is 96.6 Å². The van der Waals surface area contributed by atoms with Crippen LogP contribution in [0.1, 0.15) is 73.1 Å². The van der Waals surface area contributed by atoms with Crippen LogP contribution in [0.5, 0.6) is 0 Å². The maximum atomic E-state index is 5.77. The van der Waals surface area contributed by atoms with Gasteiger partial charge in [-0.05, 0) is 31.1 Å². The molecule has 0 aromatic heterocycles. The molecule has 0 aromatic carbocycles. The molecule has 15 heavy (non-hydrogen) atoms. The lowest BCUT2D eigenvalue weighted by atomic mass is 9.89. The number of ether oxygens (including phenoxy) is 1. The van der Waals surface area contributed by atoms with Crippen molar-refractivity contribution in [3.8, 4) is 0 Å². The summed E-state index contributed by atoms with van der Waals surface area (Å²) < 4.78 is 5.77. The number of hydrogen-bond acceptors (Lipinski definition) is 1. The lowest BCUT2D eigenvalue weighted by Gasteiger charge is -2.19. The summed E-state index contributed by atoms with van der Waals surface area (Å²) in [4.78, 5) is 0. The van der Waals surface area contributed by atoms with Crippen LogP contribution < -0.4 is 0 Å². The smallest absolute Gasteiger partial charge is 0.0572 e. The number of rotatable bonds is 8. The van der Waals surface area contributed by atoms with Gasteiger partial charge in [0.25, 0.3) is 0 Å². The van der Waals surface area contributed by atoms with E-state index in [1.165, 1.54) is 25.7 Å². The van der Waals surface area contributed by atoms with Crippen LogP contribution in [-0.2, 0) is 4.74 Å². The van der Waals surface area contributed by atoms with Gasteiger partial charge in [-0.2, -0.15) is 0 Å². The van der Waals surface area contributed by atoms with E-state index in [0.717, 1.165) is 19.4 Å². The fourth-order valence-corrected chi connectivity index (χ4v) is 1.72. The zero-order chi connectivity index (χ0) is 11.7. The Kier molecular flexibility index (Phi) is 8.13. The number of hydrogen-bond donors (Lipinski definition) is 0. The minimum Gasteiger partial charge on any atom is -0.378 e. The van der Waals surface area contributed by atoms with Crippen molar-refractivity contribution in [3.63, 3.8) is 0 Å². The van der Waals surface area contributed by atoms with Gasteiger partial charge in [0.15, 0.2) is 0 Å². The van der Waals surface area contributed by atoms with Crippen LogP contribution in [0.15, 0.2) is 0 Å². The largest absolute Gasteiger partial charge is 0.378 e. The first kappa shape index (κ1) is 15.0. The summed E-state index contributed by atoms with van der Waals surface area (Å²) in [6, 6.07) is 0. The van der Waals surface area contributed by atoms with E-state index in [-0.39, 0.29) is 0 Å². The van der Waals surface area contributed by atoms with Gasteiger partial charge in [0, 0.05) is 6.61 Å². The highest BCUT2D eigenvalue weighted by atomic mass is 16.5. The van der Waals surface area contributed by atoms with Crippen LogP contribution in [0.3, 0.4) is 0 Å². The third kappa shape index (κ3) is 10.2. The Morgan fingerprint density at radius 3 is 2.20 bits per heavy atom. The van der Waals surface area contributed by atoms with E-state index in [9.17, 15) is 0 Å². The fourth-order valence-electron chi connectivity index (χ4n) is 1.72. The third-order valence-corrected chi connectivity index (χ3v) is 2.72. The molecule has 0 amide bonds. The molecular weight excluding hydrogens is 184 g/mol. The zero-order valence-corrected chi connectivity index (χ0v) is 11.4. The molecule has 92 valence electrons. The van der Waals surface area contributed by atoms with E-state index in [1.807, 2.05) is 0 Å². The molecule has 1 atom stereocenters. The maximum Gasteiger partial charge on any atom is 0.0572 e. The molecule has 0 saturated carbocycles.